The molecule has 0 unspecified atom stereocenters. The van der Waals surface area contributed by atoms with Gasteiger partial charge in [0, 0.05) is 0 Å². The number of hydrogen-bond acceptors (Lipinski definition) is 2. The van der Waals surface area contributed by atoms with E-state index in [0.717, 1.165) is 0 Å². The molecule has 1 saturated heterocycles. The van der Waals surface area contributed by atoms with Gasteiger partial charge in [0.25, 0.3) is 12.7 Å². The average molecular weight is 110 g/mol. The molecule has 1 fully saturated rings. The van der Waals surface area contributed by atoms with Gasteiger partial charge in [0.15, 0.2) is 6.79 Å². The fraction of sp³-hybridized carbons (Fsp3) is 1.00. The zero-order valence-corrected chi connectivity index (χ0v) is 3.43. The lowest BCUT2D eigenvalue weighted by atomic mass is 10.7. The van der Waals surface area contributed by atoms with Crippen LogP contribution in [0.15, 0.2) is 0 Å². The maximum Gasteiger partial charge on any atom is 0.257 e. The fourth-order valence-electron chi connectivity index (χ4n) is 0.321. The third-order valence-corrected chi connectivity index (χ3v) is 0.661. The molecule has 1 aliphatic heterocycles. The van der Waals surface area contributed by atoms with Gasteiger partial charge in [-0.25, -0.2) is 8.78 Å². The quantitative estimate of drug-likeness (QED) is 0.454. The van der Waals surface area contributed by atoms with E-state index < -0.39 is 12.7 Å². The number of rotatable bonds is 0. The van der Waals surface area contributed by atoms with Gasteiger partial charge in [-0.3, -0.25) is 0 Å². The molecular weight excluding hydrogens is 106 g/mol. The van der Waals surface area contributed by atoms with Crippen LogP contribution in [0.2, 0.25) is 0 Å². The van der Waals surface area contributed by atoms with Crippen molar-refractivity contribution in [3.8, 4) is 0 Å². The third-order valence-electron chi connectivity index (χ3n) is 0.661. The van der Waals surface area contributed by atoms with E-state index in [-0.39, 0.29) is 6.79 Å². The van der Waals surface area contributed by atoms with Crippen LogP contribution >= 0.6 is 0 Å². The van der Waals surface area contributed by atoms with Gasteiger partial charge < -0.3 is 9.47 Å². The van der Waals surface area contributed by atoms with Crippen LogP contribution in [0.4, 0.5) is 8.78 Å². The molecule has 0 aromatic rings. The molecule has 0 aromatic carbocycles. The second-order valence-electron chi connectivity index (χ2n) is 1.15. The maximum atomic E-state index is 11.6. The minimum Gasteiger partial charge on any atom is -0.317 e. The lowest BCUT2D eigenvalue weighted by molar-refractivity contribution is -0.0349. The Hall–Kier alpha value is -0.220. The first kappa shape index (κ1) is 4.93. The molecule has 0 radical (unpaired) electrons. The van der Waals surface area contributed by atoms with Crippen LogP contribution in [0.5, 0.6) is 0 Å². The van der Waals surface area contributed by atoms with Crippen LogP contribution < -0.4 is 0 Å². The maximum absolute atomic E-state index is 11.6. The molecule has 0 aromatic heterocycles. The molecule has 0 N–H and O–H groups in total. The first-order chi connectivity index (χ1) is 3.30. The van der Waals surface area contributed by atoms with Gasteiger partial charge in [-0.15, -0.1) is 0 Å². The zero-order chi connectivity index (χ0) is 5.28. The van der Waals surface area contributed by atoms with Crippen molar-refractivity contribution in [1.29, 1.82) is 0 Å². The first-order valence-corrected chi connectivity index (χ1v) is 1.82. The van der Waals surface area contributed by atoms with Crippen molar-refractivity contribution in [2.45, 2.75) is 12.7 Å². The first-order valence-electron chi connectivity index (χ1n) is 1.82. The Morgan fingerprint density at radius 2 is 1.57 bits per heavy atom. The summed E-state index contributed by atoms with van der Waals surface area (Å²) in [6.07, 6.45) is -3.75. The highest BCUT2D eigenvalue weighted by Crippen LogP contribution is 2.13. The summed E-state index contributed by atoms with van der Waals surface area (Å²) < 4.78 is 31.2. The second kappa shape index (κ2) is 1.71. The molecular formula is C3H4F2O2. The summed E-state index contributed by atoms with van der Waals surface area (Å²) in [6, 6.07) is 0. The third kappa shape index (κ3) is 0.863. The Morgan fingerprint density at radius 1 is 1.14 bits per heavy atom. The van der Waals surface area contributed by atoms with Crippen LogP contribution in [0.1, 0.15) is 0 Å². The predicted molar refractivity (Wildman–Crippen MR) is 16.8 cm³/mol. The Balaban J connectivity index is 2.33. The monoisotopic (exact) mass is 110 g/mol. The van der Waals surface area contributed by atoms with Gasteiger partial charge in [-0.1, -0.05) is 0 Å². The van der Waals surface area contributed by atoms with Crippen molar-refractivity contribution in [3.63, 3.8) is 0 Å². The molecule has 0 bridgehead atoms. The van der Waals surface area contributed by atoms with E-state index in [1.165, 1.54) is 0 Å². The van der Waals surface area contributed by atoms with E-state index in [1.807, 2.05) is 0 Å². The molecule has 1 aliphatic rings. The van der Waals surface area contributed by atoms with Gasteiger partial charge in [0.05, 0.1) is 0 Å². The summed E-state index contributed by atoms with van der Waals surface area (Å²) in [7, 11) is 0. The molecule has 0 amide bonds. The van der Waals surface area contributed by atoms with Crippen molar-refractivity contribution in [2.75, 3.05) is 6.79 Å². The van der Waals surface area contributed by atoms with E-state index in [9.17, 15) is 8.78 Å². The molecule has 2 nitrogen and oxygen atoms in total. The van der Waals surface area contributed by atoms with Gasteiger partial charge in [-0.05, 0) is 0 Å². The molecule has 4 heteroatoms. The average Bonchev–Trinajstić information content (AvgIpc) is 1.91. The number of halogens is 2. The van der Waals surface area contributed by atoms with Crippen LogP contribution in [0, 0.1) is 0 Å². The molecule has 0 aliphatic carbocycles. The Bertz CT molecular complexity index is 60.0. The molecule has 2 atom stereocenters. The minimum absolute atomic E-state index is 0.275. The van der Waals surface area contributed by atoms with Crippen molar-refractivity contribution in [3.05, 3.63) is 0 Å². The summed E-state index contributed by atoms with van der Waals surface area (Å²) in [5.74, 6) is 0. The second-order valence-corrected chi connectivity index (χ2v) is 1.15. The number of ether oxygens (including phenoxy) is 2. The van der Waals surface area contributed by atoms with E-state index in [2.05, 4.69) is 9.47 Å². The lowest BCUT2D eigenvalue weighted by Crippen LogP contribution is -2.09. The lowest BCUT2D eigenvalue weighted by Gasteiger charge is -1.94. The summed E-state index contributed by atoms with van der Waals surface area (Å²) in [5.41, 5.74) is 0. The van der Waals surface area contributed by atoms with E-state index >= 15 is 0 Å². The van der Waals surface area contributed by atoms with E-state index in [1.54, 1.807) is 0 Å². The Morgan fingerprint density at radius 3 is 1.71 bits per heavy atom. The normalized spacial score (nSPS) is 42.0. The fourth-order valence-corrected chi connectivity index (χ4v) is 0.321. The molecule has 1 heterocycles. The van der Waals surface area contributed by atoms with Gasteiger partial charge in [0.2, 0.25) is 0 Å². The number of alkyl halides is 2. The summed E-state index contributed by atoms with van der Waals surface area (Å²) >= 11 is 0. The molecule has 1 rings (SSSR count). The highest BCUT2D eigenvalue weighted by Gasteiger charge is 2.27. The summed E-state index contributed by atoms with van der Waals surface area (Å²) in [5, 5.41) is 0. The van der Waals surface area contributed by atoms with Crippen molar-refractivity contribution in [1.82, 2.24) is 0 Å². The van der Waals surface area contributed by atoms with Crippen LogP contribution in [0.3, 0.4) is 0 Å². The highest BCUT2D eigenvalue weighted by molar-refractivity contribution is 4.48. The molecule has 0 spiro atoms. The molecule has 7 heavy (non-hydrogen) atoms. The van der Waals surface area contributed by atoms with Crippen LogP contribution in [0.25, 0.3) is 0 Å². The topological polar surface area (TPSA) is 18.5 Å². The van der Waals surface area contributed by atoms with Crippen LogP contribution in [-0.2, 0) is 9.47 Å². The molecule has 0 saturated carbocycles. The predicted octanol–water partition coefficient (Wildman–Crippen LogP) is 0.582. The summed E-state index contributed by atoms with van der Waals surface area (Å²) in [6.45, 7) is -0.275. The van der Waals surface area contributed by atoms with Crippen molar-refractivity contribution < 1.29 is 18.3 Å². The SMILES string of the molecule is F[C@@H]1OCO[C@H]1F. The van der Waals surface area contributed by atoms with Crippen LogP contribution in [-0.4, -0.2) is 19.5 Å². The van der Waals surface area contributed by atoms with E-state index in [4.69, 9.17) is 0 Å². The van der Waals surface area contributed by atoms with Gasteiger partial charge in [-0.2, -0.15) is 0 Å². The zero-order valence-electron chi connectivity index (χ0n) is 3.43. The van der Waals surface area contributed by atoms with E-state index in [0.29, 0.717) is 0 Å². The largest absolute Gasteiger partial charge is 0.317 e. The summed E-state index contributed by atoms with van der Waals surface area (Å²) in [4.78, 5) is 0. The Kier molecular flexibility index (Phi) is 1.21. The number of hydrogen-bond donors (Lipinski definition) is 0. The smallest absolute Gasteiger partial charge is 0.257 e. The van der Waals surface area contributed by atoms with Crippen molar-refractivity contribution >= 4 is 0 Å². The minimum atomic E-state index is -1.88. The van der Waals surface area contributed by atoms with Crippen molar-refractivity contribution in [2.24, 2.45) is 0 Å². The highest BCUT2D eigenvalue weighted by atomic mass is 19.2. The van der Waals surface area contributed by atoms with Gasteiger partial charge in [0.1, 0.15) is 0 Å². The Labute approximate surface area is 39.0 Å². The standard InChI is InChI=1S/C3H4F2O2/c4-2-3(5)7-1-6-2/h2-3H,1H2/t2-,3-/m1/s1. The van der Waals surface area contributed by atoms with Gasteiger partial charge >= 0.3 is 0 Å². The molecule has 42 valence electrons.